The van der Waals surface area contributed by atoms with Crippen LogP contribution in [-0.2, 0) is 6.61 Å². The lowest BCUT2D eigenvalue weighted by molar-refractivity contribution is 0.295. The summed E-state index contributed by atoms with van der Waals surface area (Å²) in [5.74, 6) is 1.46. The predicted octanol–water partition coefficient (Wildman–Crippen LogP) is 3.82. The second kappa shape index (κ2) is 5.61. The Morgan fingerprint density at radius 1 is 0.950 bits per heavy atom. The van der Waals surface area contributed by atoms with Crippen LogP contribution in [0.1, 0.15) is 5.56 Å². The highest BCUT2D eigenvalue weighted by molar-refractivity contribution is 5.80. The zero-order valence-corrected chi connectivity index (χ0v) is 11.2. The standard InChI is InChI=1S/C17H15NO2/c1-19-15-8-9-16-14(11-15)7-10-17(18-16)20-12-13-5-3-2-4-6-13/h2-11H,12H2,1H3. The van der Waals surface area contributed by atoms with Crippen molar-refractivity contribution < 1.29 is 9.47 Å². The van der Waals surface area contributed by atoms with Crippen molar-refractivity contribution in [2.75, 3.05) is 7.11 Å². The average Bonchev–Trinajstić information content (AvgIpc) is 2.53. The van der Waals surface area contributed by atoms with Crippen LogP contribution < -0.4 is 9.47 Å². The molecule has 1 heterocycles. The van der Waals surface area contributed by atoms with E-state index in [0.717, 1.165) is 22.2 Å². The van der Waals surface area contributed by atoms with Gasteiger partial charge in [-0.3, -0.25) is 0 Å². The zero-order chi connectivity index (χ0) is 13.8. The molecule has 0 radical (unpaired) electrons. The number of hydrogen-bond acceptors (Lipinski definition) is 3. The molecule has 0 N–H and O–H groups in total. The Morgan fingerprint density at radius 2 is 1.80 bits per heavy atom. The van der Waals surface area contributed by atoms with Crippen LogP contribution in [0.3, 0.4) is 0 Å². The van der Waals surface area contributed by atoms with E-state index in [2.05, 4.69) is 4.98 Å². The first kappa shape index (κ1) is 12.5. The maximum atomic E-state index is 5.71. The van der Waals surface area contributed by atoms with E-state index in [4.69, 9.17) is 9.47 Å². The molecule has 0 aliphatic carbocycles. The molecule has 0 spiro atoms. The van der Waals surface area contributed by atoms with Gasteiger partial charge in [0.1, 0.15) is 12.4 Å². The highest BCUT2D eigenvalue weighted by atomic mass is 16.5. The molecule has 3 heteroatoms. The van der Waals surface area contributed by atoms with Gasteiger partial charge in [0.15, 0.2) is 0 Å². The van der Waals surface area contributed by atoms with E-state index in [-0.39, 0.29) is 0 Å². The van der Waals surface area contributed by atoms with Crippen molar-refractivity contribution in [3.05, 3.63) is 66.2 Å². The Hall–Kier alpha value is -2.55. The first-order valence-corrected chi connectivity index (χ1v) is 6.47. The summed E-state index contributed by atoms with van der Waals surface area (Å²) in [6.45, 7) is 0.523. The SMILES string of the molecule is COc1ccc2nc(OCc3ccccc3)ccc2c1. The number of nitrogens with zero attached hydrogens (tertiary/aromatic N) is 1. The molecule has 20 heavy (non-hydrogen) atoms. The van der Waals surface area contributed by atoms with Crippen molar-refractivity contribution >= 4 is 10.9 Å². The lowest BCUT2D eigenvalue weighted by atomic mass is 10.2. The van der Waals surface area contributed by atoms with Gasteiger partial charge in [-0.1, -0.05) is 30.3 Å². The fourth-order valence-electron chi connectivity index (χ4n) is 2.02. The lowest BCUT2D eigenvalue weighted by Gasteiger charge is -2.07. The van der Waals surface area contributed by atoms with Crippen molar-refractivity contribution in [2.45, 2.75) is 6.61 Å². The zero-order valence-electron chi connectivity index (χ0n) is 11.2. The van der Waals surface area contributed by atoms with Gasteiger partial charge in [-0.05, 0) is 29.8 Å². The smallest absolute Gasteiger partial charge is 0.214 e. The molecule has 0 fully saturated rings. The third-order valence-electron chi connectivity index (χ3n) is 3.10. The normalized spacial score (nSPS) is 10.4. The molecule has 0 saturated heterocycles. The number of aromatic nitrogens is 1. The van der Waals surface area contributed by atoms with E-state index >= 15 is 0 Å². The molecular weight excluding hydrogens is 250 g/mol. The van der Waals surface area contributed by atoms with Crippen LogP contribution in [0.5, 0.6) is 11.6 Å². The summed E-state index contributed by atoms with van der Waals surface area (Å²) in [4.78, 5) is 4.49. The van der Waals surface area contributed by atoms with Crippen LogP contribution in [0.4, 0.5) is 0 Å². The number of rotatable bonds is 4. The Balaban J connectivity index is 1.79. The Kier molecular flexibility index (Phi) is 3.50. The quantitative estimate of drug-likeness (QED) is 0.718. The molecule has 2 aromatic carbocycles. The maximum Gasteiger partial charge on any atom is 0.214 e. The first-order chi connectivity index (χ1) is 9.85. The summed E-state index contributed by atoms with van der Waals surface area (Å²) in [5, 5.41) is 1.04. The summed E-state index contributed by atoms with van der Waals surface area (Å²) in [6.07, 6.45) is 0. The van der Waals surface area contributed by atoms with E-state index in [1.165, 1.54) is 0 Å². The van der Waals surface area contributed by atoms with Gasteiger partial charge in [0.05, 0.1) is 12.6 Å². The van der Waals surface area contributed by atoms with Gasteiger partial charge in [-0.15, -0.1) is 0 Å². The molecule has 3 aromatic rings. The van der Waals surface area contributed by atoms with Crippen molar-refractivity contribution in [2.24, 2.45) is 0 Å². The minimum absolute atomic E-state index is 0.523. The second-order valence-electron chi connectivity index (χ2n) is 4.48. The number of pyridine rings is 1. The van der Waals surface area contributed by atoms with Gasteiger partial charge in [0.25, 0.3) is 0 Å². The molecule has 0 bridgehead atoms. The maximum absolute atomic E-state index is 5.71. The van der Waals surface area contributed by atoms with Gasteiger partial charge >= 0.3 is 0 Å². The molecule has 0 saturated carbocycles. The number of hydrogen-bond donors (Lipinski definition) is 0. The molecule has 100 valence electrons. The molecule has 0 unspecified atom stereocenters. The van der Waals surface area contributed by atoms with Crippen molar-refractivity contribution in [3.63, 3.8) is 0 Å². The summed E-state index contributed by atoms with van der Waals surface area (Å²) in [7, 11) is 1.66. The Morgan fingerprint density at radius 3 is 2.60 bits per heavy atom. The van der Waals surface area contributed by atoms with Crippen molar-refractivity contribution in [1.29, 1.82) is 0 Å². The topological polar surface area (TPSA) is 31.4 Å². The third kappa shape index (κ3) is 2.72. The number of ether oxygens (including phenoxy) is 2. The number of fused-ring (bicyclic) bond motifs is 1. The summed E-state index contributed by atoms with van der Waals surface area (Å²) in [5.41, 5.74) is 2.03. The second-order valence-corrected chi connectivity index (χ2v) is 4.48. The lowest BCUT2D eigenvalue weighted by Crippen LogP contribution is -1.97. The molecule has 1 aromatic heterocycles. The van der Waals surface area contributed by atoms with Gasteiger partial charge in [-0.25, -0.2) is 4.98 Å². The molecular formula is C17H15NO2. The minimum Gasteiger partial charge on any atom is -0.497 e. The van der Waals surface area contributed by atoms with Crippen molar-refractivity contribution in [3.8, 4) is 11.6 Å². The van der Waals surface area contributed by atoms with Crippen LogP contribution >= 0.6 is 0 Å². The van der Waals surface area contributed by atoms with Crippen LogP contribution in [0.25, 0.3) is 10.9 Å². The number of methoxy groups -OCH3 is 1. The van der Waals surface area contributed by atoms with Gasteiger partial charge in [0, 0.05) is 11.5 Å². The van der Waals surface area contributed by atoms with Crippen molar-refractivity contribution in [1.82, 2.24) is 4.98 Å². The average molecular weight is 265 g/mol. The van der Waals surface area contributed by atoms with Crippen LogP contribution in [0.15, 0.2) is 60.7 Å². The molecule has 0 atom stereocenters. The van der Waals surface area contributed by atoms with Crippen LogP contribution in [0.2, 0.25) is 0 Å². The molecule has 0 amide bonds. The van der Waals surface area contributed by atoms with E-state index in [1.807, 2.05) is 60.7 Å². The Bertz CT molecular complexity index is 711. The summed E-state index contributed by atoms with van der Waals surface area (Å²) >= 11 is 0. The fraction of sp³-hybridized carbons (Fsp3) is 0.118. The molecule has 3 rings (SSSR count). The van der Waals surface area contributed by atoms with E-state index in [9.17, 15) is 0 Å². The summed E-state index contributed by atoms with van der Waals surface area (Å²) < 4.78 is 10.9. The first-order valence-electron chi connectivity index (χ1n) is 6.47. The highest BCUT2D eigenvalue weighted by Crippen LogP contribution is 2.22. The third-order valence-corrected chi connectivity index (χ3v) is 3.10. The Labute approximate surface area is 117 Å². The van der Waals surface area contributed by atoms with Gasteiger partial charge in [0.2, 0.25) is 5.88 Å². The van der Waals surface area contributed by atoms with E-state index in [1.54, 1.807) is 7.11 Å². The highest BCUT2D eigenvalue weighted by Gasteiger charge is 2.01. The summed E-state index contributed by atoms with van der Waals surface area (Å²) in [6, 6.07) is 19.7. The minimum atomic E-state index is 0.523. The van der Waals surface area contributed by atoms with E-state index in [0.29, 0.717) is 12.5 Å². The molecule has 0 aliphatic rings. The predicted molar refractivity (Wildman–Crippen MR) is 79.1 cm³/mol. The van der Waals surface area contributed by atoms with Gasteiger partial charge in [-0.2, -0.15) is 0 Å². The van der Waals surface area contributed by atoms with Crippen LogP contribution in [-0.4, -0.2) is 12.1 Å². The number of benzene rings is 2. The monoisotopic (exact) mass is 265 g/mol. The van der Waals surface area contributed by atoms with Crippen LogP contribution in [0, 0.1) is 0 Å². The largest absolute Gasteiger partial charge is 0.497 e. The van der Waals surface area contributed by atoms with Gasteiger partial charge < -0.3 is 9.47 Å². The fourth-order valence-corrected chi connectivity index (χ4v) is 2.02. The molecule has 0 aliphatic heterocycles. The van der Waals surface area contributed by atoms with E-state index < -0.39 is 0 Å². The molecule has 3 nitrogen and oxygen atoms in total.